The Morgan fingerprint density at radius 2 is 1.44 bits per heavy atom. The van der Waals surface area contributed by atoms with Crippen LogP contribution in [-0.4, -0.2) is 19.6 Å². The summed E-state index contributed by atoms with van der Waals surface area (Å²) in [6, 6.07) is 41.2. The van der Waals surface area contributed by atoms with Gasteiger partial charge in [-0.1, -0.05) is 93.7 Å². The molecule has 8 aromatic rings. The molecule has 52 heavy (non-hydrogen) atoms. The first kappa shape index (κ1) is 33.9. The quantitative estimate of drug-likeness (QED) is 0.169. The van der Waals surface area contributed by atoms with Crippen molar-refractivity contribution in [3.8, 4) is 56.6 Å². The molecule has 1 aliphatic carbocycles. The number of phenolic OH excluding ortho intramolecular Hbond substituents is 1. The van der Waals surface area contributed by atoms with E-state index in [0.717, 1.165) is 96.8 Å². The Hall–Kier alpha value is -5.25. The summed E-state index contributed by atoms with van der Waals surface area (Å²) in [5, 5.41) is 13.0. The minimum Gasteiger partial charge on any atom is -0.507 e. The fourth-order valence-corrected chi connectivity index (χ4v) is 7.40. The first-order valence-corrected chi connectivity index (χ1v) is 17.8. The summed E-state index contributed by atoms with van der Waals surface area (Å²) >= 11 is 0. The van der Waals surface area contributed by atoms with Gasteiger partial charge in [0.05, 0.1) is 28.5 Å². The fraction of sp³-hybridized carbons (Fsp3) is 0.174. The molecular formula is C46H38N3O2Pt-. The maximum Gasteiger partial charge on any atom is 0.125 e. The smallest absolute Gasteiger partial charge is 0.125 e. The Morgan fingerprint density at radius 1 is 0.692 bits per heavy atom. The van der Waals surface area contributed by atoms with Crippen LogP contribution in [-0.2, 0) is 33.9 Å². The SMILES string of the molecule is CC(C)c1cc(C(C)C)cc(-n2cc(-c3ccc4c(n3)-c3c(O)cccc3CC4)nc2-c2[c-]cc3oc4ccc(-c5ccccc5)cc4c3c2)c1.[Pt]. The molecule has 5 aromatic carbocycles. The number of rotatable bonds is 6. The fourth-order valence-electron chi connectivity index (χ4n) is 7.40. The van der Waals surface area contributed by atoms with Gasteiger partial charge in [0.15, 0.2) is 0 Å². The van der Waals surface area contributed by atoms with Crippen molar-refractivity contribution in [3.63, 3.8) is 0 Å². The van der Waals surface area contributed by atoms with Gasteiger partial charge in [0.25, 0.3) is 0 Å². The molecule has 9 rings (SSSR count). The first-order chi connectivity index (χ1) is 24.8. The first-order valence-electron chi connectivity index (χ1n) is 17.8. The third kappa shape index (κ3) is 5.87. The molecule has 6 heteroatoms. The predicted molar refractivity (Wildman–Crippen MR) is 206 cm³/mol. The molecule has 260 valence electrons. The number of nitrogens with zero attached hydrogens (tertiary/aromatic N) is 3. The standard InChI is InChI=1S/C46H38N3O2.Pt/c1-27(2)34-21-35(28(3)4)23-36(22-34)49-26-40(39-18-15-31-14-13-30-11-8-12-41(50)44(30)45(31)47-39)48-46(49)33-17-20-43-38(25-33)37-24-32(16-19-42(37)51-43)29-9-6-5-7-10-29;/h5-12,15-16,18-28,50H,13-14H2,1-4H3;/q-1;. The van der Waals surface area contributed by atoms with E-state index < -0.39 is 0 Å². The number of aromatic hydroxyl groups is 1. The van der Waals surface area contributed by atoms with Crippen molar-refractivity contribution in [2.45, 2.75) is 52.4 Å². The van der Waals surface area contributed by atoms with E-state index in [1.54, 1.807) is 6.07 Å². The minimum atomic E-state index is 0. The zero-order chi connectivity index (χ0) is 34.8. The van der Waals surface area contributed by atoms with Crippen LogP contribution in [0.2, 0.25) is 0 Å². The molecule has 0 bridgehead atoms. The minimum absolute atomic E-state index is 0. The molecule has 0 fully saturated rings. The van der Waals surface area contributed by atoms with Crippen molar-refractivity contribution in [2.75, 3.05) is 0 Å². The van der Waals surface area contributed by atoms with E-state index in [1.165, 1.54) is 11.1 Å². The van der Waals surface area contributed by atoms with Crippen molar-refractivity contribution < 1.29 is 30.6 Å². The summed E-state index contributed by atoms with van der Waals surface area (Å²) in [7, 11) is 0. The van der Waals surface area contributed by atoms with Crippen molar-refractivity contribution in [1.29, 1.82) is 0 Å². The monoisotopic (exact) mass is 859 g/mol. The van der Waals surface area contributed by atoms with Gasteiger partial charge < -0.3 is 14.1 Å². The van der Waals surface area contributed by atoms with Gasteiger partial charge in [0, 0.05) is 43.9 Å². The van der Waals surface area contributed by atoms with E-state index in [9.17, 15) is 5.11 Å². The topological polar surface area (TPSA) is 64.1 Å². The number of aryl methyl sites for hydroxylation is 2. The van der Waals surface area contributed by atoms with Crippen LogP contribution in [0.5, 0.6) is 5.75 Å². The van der Waals surface area contributed by atoms with Gasteiger partial charge in [-0.3, -0.25) is 4.98 Å². The number of benzene rings is 5. The largest absolute Gasteiger partial charge is 0.507 e. The second-order valence-corrected chi connectivity index (χ2v) is 14.3. The number of hydrogen-bond donors (Lipinski definition) is 1. The predicted octanol–water partition coefficient (Wildman–Crippen LogP) is 11.7. The average Bonchev–Trinajstić information content (AvgIpc) is 3.76. The summed E-state index contributed by atoms with van der Waals surface area (Å²) < 4.78 is 8.50. The van der Waals surface area contributed by atoms with Gasteiger partial charge in [-0.05, 0) is 94.5 Å². The number of imidazole rings is 1. The summed E-state index contributed by atoms with van der Waals surface area (Å²) in [6.07, 6.45) is 3.87. The number of furan rings is 1. The van der Waals surface area contributed by atoms with Crippen LogP contribution in [0.3, 0.4) is 0 Å². The third-order valence-corrected chi connectivity index (χ3v) is 10.3. The van der Waals surface area contributed by atoms with E-state index >= 15 is 0 Å². The molecule has 0 radical (unpaired) electrons. The van der Waals surface area contributed by atoms with Gasteiger partial charge in [-0.15, -0.1) is 23.8 Å². The van der Waals surface area contributed by atoms with Gasteiger partial charge in [0.2, 0.25) is 0 Å². The molecule has 0 spiro atoms. The zero-order valence-electron chi connectivity index (χ0n) is 29.6. The Balaban J connectivity index is 0.00000387. The molecule has 3 aromatic heterocycles. The summed E-state index contributed by atoms with van der Waals surface area (Å²) in [5.41, 5.74) is 13.8. The molecule has 1 aliphatic rings. The number of hydrogen-bond acceptors (Lipinski definition) is 4. The molecule has 0 saturated carbocycles. The van der Waals surface area contributed by atoms with Crippen LogP contribution in [0, 0.1) is 6.07 Å². The second-order valence-electron chi connectivity index (χ2n) is 14.3. The molecule has 5 nitrogen and oxygen atoms in total. The summed E-state index contributed by atoms with van der Waals surface area (Å²) in [4.78, 5) is 10.5. The van der Waals surface area contributed by atoms with Gasteiger partial charge in [0.1, 0.15) is 11.3 Å². The molecular weight excluding hydrogens is 822 g/mol. The van der Waals surface area contributed by atoms with Gasteiger partial charge >= 0.3 is 0 Å². The maximum absolute atomic E-state index is 10.9. The van der Waals surface area contributed by atoms with Crippen LogP contribution in [0.4, 0.5) is 0 Å². The van der Waals surface area contributed by atoms with E-state index in [0.29, 0.717) is 11.8 Å². The average molecular weight is 860 g/mol. The Bertz CT molecular complexity index is 2590. The number of aromatic nitrogens is 3. The normalized spacial score (nSPS) is 12.3. The third-order valence-electron chi connectivity index (χ3n) is 10.3. The van der Waals surface area contributed by atoms with Crippen LogP contribution >= 0.6 is 0 Å². The van der Waals surface area contributed by atoms with E-state index in [1.807, 2.05) is 18.2 Å². The molecule has 0 amide bonds. The van der Waals surface area contributed by atoms with E-state index in [-0.39, 0.29) is 26.8 Å². The van der Waals surface area contributed by atoms with Crippen molar-refractivity contribution in [2.24, 2.45) is 0 Å². The maximum atomic E-state index is 10.9. The summed E-state index contributed by atoms with van der Waals surface area (Å²) in [6.45, 7) is 8.96. The summed E-state index contributed by atoms with van der Waals surface area (Å²) in [5.74, 6) is 1.77. The van der Waals surface area contributed by atoms with Gasteiger partial charge in [-0.2, -0.15) is 0 Å². The van der Waals surface area contributed by atoms with Crippen molar-refractivity contribution >= 4 is 21.9 Å². The van der Waals surface area contributed by atoms with Crippen molar-refractivity contribution in [3.05, 3.63) is 144 Å². The molecule has 1 N–H and O–H groups in total. The van der Waals surface area contributed by atoms with Crippen molar-refractivity contribution in [1.82, 2.24) is 14.5 Å². The number of phenols is 1. The molecule has 0 unspecified atom stereocenters. The Labute approximate surface area is 318 Å². The van der Waals surface area contributed by atoms with Crippen LogP contribution in [0.1, 0.15) is 61.8 Å². The Morgan fingerprint density at radius 3 is 2.21 bits per heavy atom. The Kier molecular flexibility index (Phi) is 8.71. The van der Waals surface area contributed by atoms with Crippen LogP contribution in [0.25, 0.3) is 72.8 Å². The number of fused-ring (bicyclic) bond motifs is 6. The van der Waals surface area contributed by atoms with E-state index in [2.05, 4.69) is 129 Å². The van der Waals surface area contributed by atoms with Crippen LogP contribution < -0.4 is 0 Å². The van der Waals surface area contributed by atoms with Crippen LogP contribution in [0.15, 0.2) is 120 Å². The molecule has 3 heterocycles. The molecule has 0 aliphatic heterocycles. The second kappa shape index (κ2) is 13.4. The zero-order valence-corrected chi connectivity index (χ0v) is 31.8. The number of pyridine rings is 1. The molecule has 0 atom stereocenters. The van der Waals surface area contributed by atoms with E-state index in [4.69, 9.17) is 14.4 Å². The van der Waals surface area contributed by atoms with Gasteiger partial charge in [-0.25, -0.2) is 4.98 Å². The molecule has 0 saturated heterocycles.